The van der Waals surface area contributed by atoms with Crippen molar-refractivity contribution in [3.05, 3.63) is 100 Å². The van der Waals surface area contributed by atoms with Gasteiger partial charge in [0.25, 0.3) is 5.56 Å². The van der Waals surface area contributed by atoms with Crippen LogP contribution < -0.4 is 15.6 Å². The van der Waals surface area contributed by atoms with E-state index in [2.05, 4.69) is 32.4 Å². The number of oxazole rings is 1. The van der Waals surface area contributed by atoms with Crippen LogP contribution >= 0.6 is 11.6 Å². The molecule has 0 spiro atoms. The van der Waals surface area contributed by atoms with E-state index in [1.165, 1.54) is 29.0 Å². The fourth-order valence-corrected chi connectivity index (χ4v) is 3.79. The van der Waals surface area contributed by atoms with E-state index >= 15 is 0 Å². The van der Waals surface area contributed by atoms with Crippen molar-refractivity contribution >= 4 is 29.2 Å². The van der Waals surface area contributed by atoms with Crippen LogP contribution in [0.2, 0.25) is 0 Å². The molecule has 3 heterocycles. The van der Waals surface area contributed by atoms with E-state index in [1.54, 1.807) is 25.3 Å². The second-order valence-corrected chi connectivity index (χ2v) is 8.87. The van der Waals surface area contributed by atoms with Gasteiger partial charge in [-0.3, -0.25) is 9.36 Å². The first-order chi connectivity index (χ1) is 18.4. The van der Waals surface area contributed by atoms with Crippen LogP contribution in [0.3, 0.4) is 0 Å². The van der Waals surface area contributed by atoms with Gasteiger partial charge in [0.05, 0.1) is 23.8 Å². The van der Waals surface area contributed by atoms with Crippen LogP contribution in [-0.2, 0) is 6.54 Å². The van der Waals surface area contributed by atoms with E-state index in [0.29, 0.717) is 17.9 Å². The highest BCUT2D eigenvalue weighted by Crippen LogP contribution is 2.23. The standard InChI is InChI=1S/C27H20ClN5O5/c1-16-13-29-24(37-16)21-14-30-27(33(25(21)34)15-17-5-7-18(28)8-6-17)31-19-9-11-20(12-10-19)38-23-4-2-3-22(32-23)26(35)36/h2-7,9,11,13-14,18H,8,15H2,1H3,(H,30,31)(H,35,36). The number of carboxylic acid groups (broad SMARTS) is 1. The van der Waals surface area contributed by atoms with Crippen LogP contribution in [0.1, 0.15) is 22.7 Å². The summed E-state index contributed by atoms with van der Waals surface area (Å²) >= 11 is 6.15. The van der Waals surface area contributed by atoms with Crippen LogP contribution in [-0.4, -0.2) is 36.0 Å². The largest absolute Gasteiger partial charge is 0.477 e. The van der Waals surface area contributed by atoms with Crippen molar-refractivity contribution in [2.75, 3.05) is 5.32 Å². The zero-order valence-electron chi connectivity index (χ0n) is 20.0. The van der Waals surface area contributed by atoms with Crippen LogP contribution in [0.15, 0.2) is 75.7 Å². The van der Waals surface area contributed by atoms with Gasteiger partial charge in [-0.25, -0.2) is 19.7 Å². The van der Waals surface area contributed by atoms with Gasteiger partial charge in [0.15, 0.2) is 11.4 Å². The summed E-state index contributed by atoms with van der Waals surface area (Å²) in [5.74, 6) is 0.274. The minimum atomic E-state index is -1.16. The highest BCUT2D eigenvalue weighted by molar-refractivity contribution is 6.22. The van der Waals surface area contributed by atoms with E-state index < -0.39 is 5.97 Å². The van der Waals surface area contributed by atoms with Gasteiger partial charge in [-0.15, -0.1) is 11.6 Å². The van der Waals surface area contributed by atoms with Crippen molar-refractivity contribution < 1.29 is 19.1 Å². The third kappa shape index (κ3) is 5.58. The van der Waals surface area contributed by atoms with Crippen molar-refractivity contribution in [3.63, 3.8) is 0 Å². The number of nitrogens with one attached hydrogen (secondary N) is 1. The smallest absolute Gasteiger partial charge is 0.354 e. The molecule has 190 valence electrons. The SMILES string of the molecule is Cc1cnc(-c2cnc(Nc3c#cc(Oc4cccc(C(=O)O)n4)cc3)n(CC3=CCC(Cl)C=C3)c2=O)o1. The first kappa shape index (κ1) is 24.8. The summed E-state index contributed by atoms with van der Waals surface area (Å²) < 4.78 is 12.6. The van der Waals surface area contributed by atoms with Crippen molar-refractivity contribution in [3.8, 4) is 23.1 Å². The van der Waals surface area contributed by atoms with Gasteiger partial charge in [-0.2, -0.15) is 0 Å². The van der Waals surface area contributed by atoms with Gasteiger partial charge in [0.2, 0.25) is 17.7 Å². The number of ether oxygens (including phenoxy) is 1. The fraction of sp³-hybridized carbons (Fsp3) is 0.148. The Bertz CT molecular complexity index is 1610. The summed E-state index contributed by atoms with van der Waals surface area (Å²) in [5.41, 5.74) is 1.14. The molecule has 1 atom stereocenters. The maximum Gasteiger partial charge on any atom is 0.354 e. The molecule has 1 unspecified atom stereocenters. The van der Waals surface area contributed by atoms with Crippen LogP contribution in [0.25, 0.3) is 11.5 Å². The molecule has 4 aromatic rings. The Morgan fingerprint density at radius 1 is 1.26 bits per heavy atom. The van der Waals surface area contributed by atoms with Crippen molar-refractivity contribution in [2.45, 2.75) is 25.3 Å². The highest BCUT2D eigenvalue weighted by atomic mass is 35.5. The van der Waals surface area contributed by atoms with Gasteiger partial charge < -0.3 is 19.6 Å². The number of aromatic carboxylic acids is 1. The first-order valence-corrected chi connectivity index (χ1v) is 11.9. The predicted octanol–water partition coefficient (Wildman–Crippen LogP) is 4.93. The minimum absolute atomic E-state index is 0.0829. The zero-order valence-corrected chi connectivity index (χ0v) is 20.8. The Labute approximate surface area is 221 Å². The van der Waals surface area contributed by atoms with E-state index in [-0.39, 0.29) is 52.2 Å². The quantitative estimate of drug-likeness (QED) is 0.305. The van der Waals surface area contributed by atoms with Crippen molar-refractivity contribution in [1.82, 2.24) is 19.5 Å². The van der Waals surface area contributed by atoms with Gasteiger partial charge in [0.1, 0.15) is 11.3 Å². The lowest BCUT2D eigenvalue weighted by molar-refractivity contribution is 0.0689. The van der Waals surface area contributed by atoms with Crippen LogP contribution in [0.5, 0.6) is 11.6 Å². The third-order valence-corrected chi connectivity index (χ3v) is 5.81. The molecule has 1 aliphatic carbocycles. The number of aromatic nitrogens is 4. The number of aryl methyl sites for hydroxylation is 1. The molecule has 11 heteroatoms. The second-order valence-electron chi connectivity index (χ2n) is 8.31. The zero-order chi connectivity index (χ0) is 26.6. The Morgan fingerprint density at radius 3 is 2.82 bits per heavy atom. The minimum Gasteiger partial charge on any atom is -0.477 e. The number of pyridine rings is 1. The number of allylic oxidation sites excluding steroid dienone is 4. The summed E-state index contributed by atoms with van der Waals surface area (Å²) in [4.78, 5) is 37.2. The van der Waals surface area contributed by atoms with E-state index in [1.807, 2.05) is 18.2 Å². The number of anilines is 2. The van der Waals surface area contributed by atoms with Crippen LogP contribution in [0.4, 0.5) is 11.6 Å². The topological polar surface area (TPSA) is 132 Å². The molecular weight excluding hydrogens is 510 g/mol. The van der Waals surface area contributed by atoms with Crippen molar-refractivity contribution in [1.29, 1.82) is 0 Å². The first-order valence-electron chi connectivity index (χ1n) is 11.5. The number of rotatable bonds is 8. The number of carbonyl (C=O) groups is 1. The van der Waals surface area contributed by atoms with E-state index in [0.717, 1.165) is 5.57 Å². The summed E-state index contributed by atoms with van der Waals surface area (Å²) in [5, 5.41) is 12.1. The number of alkyl halides is 1. The van der Waals surface area contributed by atoms with Crippen molar-refractivity contribution in [2.24, 2.45) is 0 Å². The average Bonchev–Trinajstić information content (AvgIpc) is 3.34. The number of nitrogens with zero attached hydrogens (tertiary/aromatic N) is 4. The molecule has 3 aromatic heterocycles. The Kier molecular flexibility index (Phi) is 6.93. The van der Waals surface area contributed by atoms with Gasteiger partial charge in [-0.05, 0) is 49.2 Å². The summed E-state index contributed by atoms with van der Waals surface area (Å²) in [6.45, 7) is 2.00. The molecule has 0 bridgehead atoms. The normalized spacial score (nSPS) is 14.5. The molecule has 0 fully saturated rings. The van der Waals surface area contributed by atoms with Gasteiger partial charge in [-0.1, -0.05) is 24.3 Å². The molecule has 1 aliphatic rings. The molecule has 1 aromatic carbocycles. The van der Waals surface area contributed by atoms with Gasteiger partial charge in [0, 0.05) is 12.3 Å². The number of hydrogen-bond acceptors (Lipinski definition) is 8. The molecule has 0 radical (unpaired) electrons. The summed E-state index contributed by atoms with van der Waals surface area (Å²) in [7, 11) is 0. The maximum absolute atomic E-state index is 13.5. The second kappa shape index (κ2) is 10.6. The number of hydrogen-bond donors (Lipinski definition) is 2. The van der Waals surface area contributed by atoms with Gasteiger partial charge >= 0.3 is 5.97 Å². The predicted molar refractivity (Wildman–Crippen MR) is 139 cm³/mol. The molecule has 0 saturated heterocycles. The molecule has 2 N–H and O–H groups in total. The number of carboxylic acids is 1. The average molecular weight is 530 g/mol. The Balaban J connectivity index is 1.41. The number of halogens is 1. The third-order valence-electron chi connectivity index (χ3n) is 5.49. The molecule has 0 aliphatic heterocycles. The molecule has 38 heavy (non-hydrogen) atoms. The fourth-order valence-electron chi connectivity index (χ4n) is 3.63. The summed E-state index contributed by atoms with van der Waals surface area (Å²) in [6, 6.07) is 13.4. The molecule has 10 nitrogen and oxygen atoms in total. The van der Waals surface area contributed by atoms with E-state index in [4.69, 9.17) is 25.9 Å². The lowest BCUT2D eigenvalue weighted by Crippen LogP contribution is -2.26. The Morgan fingerprint density at radius 2 is 2.13 bits per heavy atom. The lowest BCUT2D eigenvalue weighted by Gasteiger charge is -2.16. The lowest BCUT2D eigenvalue weighted by atomic mass is 10.1. The maximum atomic E-state index is 13.5. The molecule has 5 rings (SSSR count). The monoisotopic (exact) mass is 529 g/mol. The van der Waals surface area contributed by atoms with E-state index in [9.17, 15) is 9.59 Å². The molecule has 0 saturated carbocycles. The highest BCUT2D eigenvalue weighted by Gasteiger charge is 2.17. The molecule has 0 amide bonds. The summed E-state index contributed by atoms with van der Waals surface area (Å²) in [6.07, 6.45) is 9.36. The molecular formula is C27H20ClN5O5. The van der Waals surface area contributed by atoms with Crippen LogP contribution in [0, 0.1) is 19.1 Å². The Hall–Kier alpha value is -4.88.